The van der Waals surface area contributed by atoms with Gasteiger partial charge >= 0.3 is 0 Å². The van der Waals surface area contributed by atoms with Gasteiger partial charge in [0.15, 0.2) is 0 Å². The van der Waals surface area contributed by atoms with E-state index in [0.717, 1.165) is 28.3 Å². The minimum absolute atomic E-state index is 0.0576. The van der Waals surface area contributed by atoms with Crippen molar-refractivity contribution in [3.63, 3.8) is 0 Å². The van der Waals surface area contributed by atoms with Crippen LogP contribution in [-0.2, 0) is 26.0 Å². The van der Waals surface area contributed by atoms with E-state index in [1.54, 1.807) is 6.92 Å². The van der Waals surface area contributed by atoms with Crippen molar-refractivity contribution in [2.24, 2.45) is 5.92 Å². The van der Waals surface area contributed by atoms with Crippen molar-refractivity contribution >= 4 is 39.1 Å². The van der Waals surface area contributed by atoms with Crippen LogP contribution < -0.4 is 9.62 Å². The van der Waals surface area contributed by atoms with E-state index < -0.39 is 34.3 Å². The Morgan fingerprint density at radius 1 is 1.09 bits per heavy atom. The summed E-state index contributed by atoms with van der Waals surface area (Å²) < 4.78 is 39.4. The molecule has 34 heavy (non-hydrogen) atoms. The van der Waals surface area contributed by atoms with Gasteiger partial charge in [0.25, 0.3) is 0 Å². The molecular formula is C24H31ClFN3O4S. The maximum Gasteiger partial charge on any atom is 0.244 e. The predicted molar refractivity (Wildman–Crippen MR) is 133 cm³/mol. The van der Waals surface area contributed by atoms with Gasteiger partial charge in [0.05, 0.1) is 17.0 Å². The zero-order valence-electron chi connectivity index (χ0n) is 19.8. The molecule has 0 saturated carbocycles. The molecule has 2 amide bonds. The minimum atomic E-state index is -3.91. The second-order valence-corrected chi connectivity index (χ2v) is 10.8. The van der Waals surface area contributed by atoms with Gasteiger partial charge in [-0.1, -0.05) is 55.8 Å². The number of nitrogens with one attached hydrogen (secondary N) is 1. The van der Waals surface area contributed by atoms with E-state index in [0.29, 0.717) is 13.0 Å². The Kier molecular flexibility index (Phi) is 9.88. The molecule has 0 aliphatic heterocycles. The summed E-state index contributed by atoms with van der Waals surface area (Å²) in [5, 5.41) is 2.56. The summed E-state index contributed by atoms with van der Waals surface area (Å²) in [7, 11) is -3.91. The highest BCUT2D eigenvalue weighted by molar-refractivity contribution is 7.92. The Hall–Kier alpha value is -2.65. The monoisotopic (exact) mass is 511 g/mol. The van der Waals surface area contributed by atoms with Gasteiger partial charge in [-0.2, -0.15) is 0 Å². The molecule has 0 bridgehead atoms. The van der Waals surface area contributed by atoms with Crippen molar-refractivity contribution < 1.29 is 22.4 Å². The number of nitrogens with zero attached hydrogens (tertiary/aromatic N) is 2. The average molecular weight is 512 g/mol. The molecular weight excluding hydrogens is 481 g/mol. The Bertz CT molecular complexity index is 1100. The summed E-state index contributed by atoms with van der Waals surface area (Å²) >= 11 is 5.83. The largest absolute Gasteiger partial charge is 0.354 e. The van der Waals surface area contributed by atoms with Gasteiger partial charge in [0, 0.05) is 13.1 Å². The molecule has 0 spiro atoms. The first-order chi connectivity index (χ1) is 15.9. The van der Waals surface area contributed by atoms with Crippen LogP contribution in [0.1, 0.15) is 26.3 Å². The first-order valence-corrected chi connectivity index (χ1v) is 13.2. The molecule has 0 heterocycles. The fourth-order valence-corrected chi connectivity index (χ4v) is 4.29. The van der Waals surface area contributed by atoms with Crippen LogP contribution in [0, 0.1) is 11.7 Å². The lowest BCUT2D eigenvalue weighted by atomic mass is 10.1. The number of anilines is 1. The molecule has 0 fully saturated rings. The van der Waals surface area contributed by atoms with Crippen LogP contribution in [0.3, 0.4) is 0 Å². The normalized spacial score (nSPS) is 12.3. The van der Waals surface area contributed by atoms with Crippen molar-refractivity contribution in [1.29, 1.82) is 0 Å². The van der Waals surface area contributed by atoms with E-state index in [9.17, 15) is 22.4 Å². The number of benzene rings is 2. The van der Waals surface area contributed by atoms with Crippen molar-refractivity contribution in [1.82, 2.24) is 10.2 Å². The third-order valence-electron chi connectivity index (χ3n) is 5.21. The Labute approximate surface area is 205 Å². The van der Waals surface area contributed by atoms with Crippen LogP contribution in [0.15, 0.2) is 48.5 Å². The molecule has 0 aliphatic carbocycles. The van der Waals surface area contributed by atoms with Crippen LogP contribution in [0.2, 0.25) is 5.02 Å². The lowest BCUT2D eigenvalue weighted by Crippen LogP contribution is -2.52. The third kappa shape index (κ3) is 7.99. The molecule has 1 atom stereocenters. The van der Waals surface area contributed by atoms with Crippen LogP contribution >= 0.6 is 11.6 Å². The van der Waals surface area contributed by atoms with Crippen LogP contribution in [0.5, 0.6) is 0 Å². The average Bonchev–Trinajstić information content (AvgIpc) is 2.77. The molecule has 0 radical (unpaired) electrons. The Morgan fingerprint density at radius 3 is 2.29 bits per heavy atom. The smallest absolute Gasteiger partial charge is 0.244 e. The van der Waals surface area contributed by atoms with Gasteiger partial charge in [0.2, 0.25) is 21.8 Å². The van der Waals surface area contributed by atoms with E-state index in [2.05, 4.69) is 5.32 Å². The van der Waals surface area contributed by atoms with Crippen molar-refractivity contribution in [2.75, 3.05) is 30.2 Å². The third-order valence-corrected chi connectivity index (χ3v) is 6.64. The first-order valence-electron chi connectivity index (χ1n) is 10.9. The molecule has 0 aliphatic rings. The SMILES string of the molecule is CC(C)CNC(=O)[C@H](C)N(CCc1ccccc1)C(=O)CN(c1ccc(F)c(Cl)c1)S(C)(=O)=O. The van der Waals surface area contributed by atoms with Crippen LogP contribution in [-0.4, -0.2) is 57.1 Å². The maximum absolute atomic E-state index is 13.6. The van der Waals surface area contributed by atoms with E-state index >= 15 is 0 Å². The molecule has 2 aromatic carbocycles. The first kappa shape index (κ1) is 27.6. The van der Waals surface area contributed by atoms with Gasteiger partial charge in [-0.05, 0) is 43.0 Å². The number of hydrogen-bond acceptors (Lipinski definition) is 4. The lowest BCUT2D eigenvalue weighted by Gasteiger charge is -2.31. The molecule has 1 N–H and O–H groups in total. The molecule has 10 heteroatoms. The molecule has 0 unspecified atom stereocenters. The van der Waals surface area contributed by atoms with Gasteiger partial charge in [-0.15, -0.1) is 0 Å². The number of halogens is 2. The number of hydrogen-bond donors (Lipinski definition) is 1. The quantitative estimate of drug-likeness (QED) is 0.500. The summed E-state index contributed by atoms with van der Waals surface area (Å²) in [4.78, 5) is 27.5. The number of carbonyl (C=O) groups is 2. The summed E-state index contributed by atoms with van der Waals surface area (Å²) in [5.41, 5.74) is 1.03. The lowest BCUT2D eigenvalue weighted by molar-refractivity contribution is -0.138. The predicted octanol–water partition coefficient (Wildman–Crippen LogP) is 3.48. The molecule has 7 nitrogen and oxygen atoms in total. The van der Waals surface area contributed by atoms with E-state index in [4.69, 9.17) is 11.6 Å². The highest BCUT2D eigenvalue weighted by Gasteiger charge is 2.30. The van der Waals surface area contributed by atoms with Crippen molar-refractivity contribution in [2.45, 2.75) is 33.2 Å². The number of carbonyl (C=O) groups excluding carboxylic acids is 2. The number of sulfonamides is 1. The van der Waals surface area contributed by atoms with Gasteiger partial charge < -0.3 is 10.2 Å². The van der Waals surface area contributed by atoms with Crippen molar-refractivity contribution in [3.05, 3.63) is 64.9 Å². The zero-order chi connectivity index (χ0) is 25.5. The van der Waals surface area contributed by atoms with E-state index in [1.165, 1.54) is 11.0 Å². The van der Waals surface area contributed by atoms with Crippen LogP contribution in [0.25, 0.3) is 0 Å². The van der Waals surface area contributed by atoms with Gasteiger partial charge in [0.1, 0.15) is 18.4 Å². The van der Waals surface area contributed by atoms with Gasteiger partial charge in [-0.3, -0.25) is 13.9 Å². The molecule has 186 valence electrons. The summed E-state index contributed by atoms with van der Waals surface area (Å²) in [6.07, 6.45) is 1.43. The summed E-state index contributed by atoms with van der Waals surface area (Å²) in [5.74, 6) is -1.36. The number of rotatable bonds is 11. The van der Waals surface area contributed by atoms with Crippen molar-refractivity contribution in [3.8, 4) is 0 Å². The molecule has 0 saturated heterocycles. The topological polar surface area (TPSA) is 86.8 Å². The molecule has 2 aromatic rings. The second-order valence-electron chi connectivity index (χ2n) is 8.51. The molecule has 2 rings (SSSR count). The standard InChI is InChI=1S/C24H31ClFN3O4S/c1-17(2)15-27-24(31)18(3)28(13-12-19-8-6-5-7-9-19)23(30)16-29(34(4,32)33)20-10-11-22(26)21(25)14-20/h5-11,14,17-18H,12-13,15-16H2,1-4H3,(H,27,31)/t18-/m0/s1. The highest BCUT2D eigenvalue weighted by Crippen LogP contribution is 2.24. The fraction of sp³-hybridized carbons (Fsp3) is 0.417. The van der Waals surface area contributed by atoms with E-state index in [1.807, 2.05) is 44.2 Å². The van der Waals surface area contributed by atoms with E-state index in [-0.39, 0.29) is 29.1 Å². The zero-order valence-corrected chi connectivity index (χ0v) is 21.4. The Morgan fingerprint density at radius 2 is 1.74 bits per heavy atom. The Balaban J connectivity index is 2.31. The summed E-state index contributed by atoms with van der Waals surface area (Å²) in [6, 6.07) is 12.1. The van der Waals surface area contributed by atoms with Crippen LogP contribution in [0.4, 0.5) is 10.1 Å². The molecule has 0 aromatic heterocycles. The summed E-state index contributed by atoms with van der Waals surface area (Å²) in [6.45, 7) is 5.63. The fourth-order valence-electron chi connectivity index (χ4n) is 3.28. The minimum Gasteiger partial charge on any atom is -0.354 e. The maximum atomic E-state index is 13.6. The number of amides is 2. The second kappa shape index (κ2) is 12.2. The van der Waals surface area contributed by atoms with Gasteiger partial charge in [-0.25, -0.2) is 12.8 Å². The highest BCUT2D eigenvalue weighted by atomic mass is 35.5.